The number of carbonyl (C=O) groups is 3. The number of cyclic esters (lactones) is 1. The first-order chi connectivity index (χ1) is 4.99. The second-order valence-corrected chi connectivity index (χ2v) is 2.68. The van der Waals surface area contributed by atoms with E-state index >= 15 is 0 Å². The topological polar surface area (TPSA) is 60.4 Å². The quantitative estimate of drug-likeness (QED) is 0.386. The molecule has 1 fully saturated rings. The molecule has 0 bridgehead atoms. The van der Waals surface area contributed by atoms with E-state index in [4.69, 9.17) is 0 Å². The maximum absolute atomic E-state index is 11.0. The minimum atomic E-state index is -1.53. The van der Waals surface area contributed by atoms with Crippen molar-refractivity contribution in [1.82, 2.24) is 0 Å². The Morgan fingerprint density at radius 2 is 2.09 bits per heavy atom. The molecule has 0 aromatic heterocycles. The minimum absolute atomic E-state index is 0.269. The third kappa shape index (κ3) is 0.859. The smallest absolute Gasteiger partial charge is 0.327 e. The molecule has 0 aromatic rings. The summed E-state index contributed by atoms with van der Waals surface area (Å²) in [6.07, 6.45) is 0. The van der Waals surface area contributed by atoms with Gasteiger partial charge >= 0.3 is 5.97 Å². The molecule has 4 nitrogen and oxygen atoms in total. The molecule has 0 radical (unpaired) electrons. The Labute approximate surface area is 63.5 Å². The number of hydrogen-bond donors (Lipinski definition) is 0. The summed E-state index contributed by atoms with van der Waals surface area (Å²) in [5, 5.41) is 0. The molecular weight excluding hydrogens is 148 g/mol. The SMILES string of the molecule is CC(=O)C1(C)C(=O)COC1=O. The van der Waals surface area contributed by atoms with Crippen LogP contribution in [0, 0.1) is 5.41 Å². The van der Waals surface area contributed by atoms with E-state index in [1.165, 1.54) is 13.8 Å². The third-order valence-electron chi connectivity index (χ3n) is 2.00. The van der Waals surface area contributed by atoms with E-state index < -0.39 is 23.0 Å². The number of esters is 1. The molecule has 4 heteroatoms. The molecule has 1 aliphatic heterocycles. The molecule has 0 spiro atoms. The molecule has 11 heavy (non-hydrogen) atoms. The minimum Gasteiger partial charge on any atom is -0.457 e. The molecule has 60 valence electrons. The molecule has 1 rings (SSSR count). The lowest BCUT2D eigenvalue weighted by molar-refractivity contribution is -0.150. The van der Waals surface area contributed by atoms with Crippen molar-refractivity contribution >= 4 is 17.5 Å². The van der Waals surface area contributed by atoms with E-state index in [2.05, 4.69) is 4.74 Å². The van der Waals surface area contributed by atoms with Gasteiger partial charge in [0.25, 0.3) is 0 Å². The first kappa shape index (κ1) is 7.91. The van der Waals surface area contributed by atoms with Gasteiger partial charge in [0.2, 0.25) is 0 Å². The molecule has 1 saturated heterocycles. The number of carbonyl (C=O) groups excluding carboxylic acids is 3. The number of hydrogen-bond acceptors (Lipinski definition) is 4. The molecule has 0 saturated carbocycles. The summed E-state index contributed by atoms with van der Waals surface area (Å²) in [5.74, 6) is -1.63. The van der Waals surface area contributed by atoms with Crippen molar-refractivity contribution in [2.45, 2.75) is 13.8 Å². The zero-order valence-corrected chi connectivity index (χ0v) is 6.34. The van der Waals surface area contributed by atoms with Gasteiger partial charge in [0.15, 0.2) is 23.6 Å². The van der Waals surface area contributed by atoms with Gasteiger partial charge in [0.05, 0.1) is 0 Å². The van der Waals surface area contributed by atoms with Gasteiger partial charge < -0.3 is 4.74 Å². The van der Waals surface area contributed by atoms with Gasteiger partial charge in [-0.3, -0.25) is 14.4 Å². The van der Waals surface area contributed by atoms with Crippen LogP contribution in [0.1, 0.15) is 13.8 Å². The van der Waals surface area contributed by atoms with Crippen LogP contribution < -0.4 is 0 Å². The molecule has 1 unspecified atom stereocenters. The maximum Gasteiger partial charge on any atom is 0.327 e. The van der Waals surface area contributed by atoms with Gasteiger partial charge in [-0.15, -0.1) is 0 Å². The van der Waals surface area contributed by atoms with Gasteiger partial charge in [0.1, 0.15) is 0 Å². The Bertz CT molecular complexity index is 225. The Morgan fingerprint density at radius 3 is 2.27 bits per heavy atom. The van der Waals surface area contributed by atoms with Crippen LogP contribution in [-0.4, -0.2) is 24.1 Å². The van der Waals surface area contributed by atoms with Gasteiger partial charge in [-0.1, -0.05) is 0 Å². The molecule has 0 amide bonds. The van der Waals surface area contributed by atoms with Crippen molar-refractivity contribution in [3.05, 3.63) is 0 Å². The van der Waals surface area contributed by atoms with Crippen LogP contribution in [0.2, 0.25) is 0 Å². The fraction of sp³-hybridized carbons (Fsp3) is 0.571. The summed E-state index contributed by atoms with van der Waals surface area (Å²) in [5.41, 5.74) is -1.53. The lowest BCUT2D eigenvalue weighted by atomic mass is 9.84. The van der Waals surface area contributed by atoms with Crippen LogP contribution in [0.25, 0.3) is 0 Å². The summed E-state index contributed by atoms with van der Waals surface area (Å²) in [7, 11) is 0. The van der Waals surface area contributed by atoms with Crippen molar-refractivity contribution in [1.29, 1.82) is 0 Å². The fourth-order valence-corrected chi connectivity index (χ4v) is 0.874. The Kier molecular flexibility index (Phi) is 1.55. The van der Waals surface area contributed by atoms with Crippen LogP contribution in [0.3, 0.4) is 0 Å². The Balaban J connectivity index is 3.08. The zero-order chi connectivity index (χ0) is 8.65. The van der Waals surface area contributed by atoms with E-state index in [0.717, 1.165) is 0 Å². The van der Waals surface area contributed by atoms with Crippen molar-refractivity contribution in [3.63, 3.8) is 0 Å². The fourth-order valence-electron chi connectivity index (χ4n) is 0.874. The third-order valence-corrected chi connectivity index (χ3v) is 2.00. The highest BCUT2D eigenvalue weighted by atomic mass is 16.5. The number of rotatable bonds is 1. The van der Waals surface area contributed by atoms with Crippen molar-refractivity contribution in [2.24, 2.45) is 5.41 Å². The van der Waals surface area contributed by atoms with E-state index in [0.29, 0.717) is 0 Å². The molecule has 1 heterocycles. The number of ketones is 2. The Hall–Kier alpha value is -1.19. The van der Waals surface area contributed by atoms with Crippen molar-refractivity contribution in [3.8, 4) is 0 Å². The standard InChI is InChI=1S/C7H8O4/c1-4(8)7(2)5(9)3-11-6(7)10/h3H2,1-2H3. The van der Waals surface area contributed by atoms with Crippen LogP contribution in [0.5, 0.6) is 0 Å². The first-order valence-corrected chi connectivity index (χ1v) is 3.21. The highest BCUT2D eigenvalue weighted by Crippen LogP contribution is 2.26. The van der Waals surface area contributed by atoms with E-state index in [1.54, 1.807) is 0 Å². The lowest BCUT2D eigenvalue weighted by Crippen LogP contribution is -2.37. The normalized spacial score (nSPS) is 30.4. The zero-order valence-electron chi connectivity index (χ0n) is 6.34. The first-order valence-electron chi connectivity index (χ1n) is 3.21. The largest absolute Gasteiger partial charge is 0.457 e. The number of ether oxygens (including phenoxy) is 1. The molecule has 0 aliphatic carbocycles. The van der Waals surface area contributed by atoms with Crippen LogP contribution in [-0.2, 0) is 19.1 Å². The van der Waals surface area contributed by atoms with E-state index in [9.17, 15) is 14.4 Å². The molecule has 1 atom stereocenters. The maximum atomic E-state index is 11.0. The highest BCUT2D eigenvalue weighted by molar-refractivity contribution is 6.24. The second-order valence-electron chi connectivity index (χ2n) is 2.68. The molecule has 0 N–H and O–H groups in total. The summed E-state index contributed by atoms with van der Waals surface area (Å²) in [4.78, 5) is 32.7. The highest BCUT2D eigenvalue weighted by Gasteiger charge is 2.51. The van der Waals surface area contributed by atoms with Crippen LogP contribution in [0.15, 0.2) is 0 Å². The van der Waals surface area contributed by atoms with E-state index in [1.807, 2.05) is 0 Å². The van der Waals surface area contributed by atoms with Crippen LogP contribution in [0.4, 0.5) is 0 Å². The van der Waals surface area contributed by atoms with Crippen LogP contribution >= 0.6 is 0 Å². The summed E-state index contributed by atoms with van der Waals surface area (Å²) >= 11 is 0. The monoisotopic (exact) mass is 156 g/mol. The van der Waals surface area contributed by atoms with Crippen molar-refractivity contribution < 1.29 is 19.1 Å². The van der Waals surface area contributed by atoms with Gasteiger partial charge in [-0.2, -0.15) is 0 Å². The van der Waals surface area contributed by atoms with E-state index in [-0.39, 0.29) is 6.61 Å². The Morgan fingerprint density at radius 1 is 1.55 bits per heavy atom. The second kappa shape index (κ2) is 2.15. The van der Waals surface area contributed by atoms with Crippen molar-refractivity contribution in [2.75, 3.05) is 6.61 Å². The average molecular weight is 156 g/mol. The molecular formula is C7H8O4. The average Bonchev–Trinajstić information content (AvgIpc) is 2.18. The summed E-state index contributed by atoms with van der Waals surface area (Å²) < 4.78 is 4.43. The van der Waals surface area contributed by atoms with Gasteiger partial charge in [-0.05, 0) is 13.8 Å². The van der Waals surface area contributed by atoms with Gasteiger partial charge in [-0.25, -0.2) is 0 Å². The predicted molar refractivity (Wildman–Crippen MR) is 34.8 cm³/mol. The lowest BCUT2D eigenvalue weighted by Gasteiger charge is -2.11. The number of Topliss-reactive ketones (excluding diaryl/α,β-unsaturated/α-hetero) is 2. The molecule has 1 aliphatic rings. The summed E-state index contributed by atoms with van der Waals surface area (Å²) in [6.45, 7) is 2.24. The molecule has 0 aromatic carbocycles. The van der Waals surface area contributed by atoms with Gasteiger partial charge in [0, 0.05) is 0 Å². The predicted octanol–water partition coefficient (Wildman–Crippen LogP) is -0.292. The summed E-state index contributed by atoms with van der Waals surface area (Å²) in [6, 6.07) is 0.